The van der Waals surface area contributed by atoms with Gasteiger partial charge in [-0.25, -0.2) is 0 Å². The summed E-state index contributed by atoms with van der Waals surface area (Å²) in [5, 5.41) is 0. The summed E-state index contributed by atoms with van der Waals surface area (Å²) in [7, 11) is 0. The summed E-state index contributed by atoms with van der Waals surface area (Å²) >= 11 is -4.62. The van der Waals surface area contributed by atoms with Gasteiger partial charge in [-0.1, -0.05) is 0 Å². The van der Waals surface area contributed by atoms with Crippen LogP contribution in [0.2, 0.25) is 0 Å². The van der Waals surface area contributed by atoms with Crippen molar-refractivity contribution >= 4 is 17.9 Å². The minimum atomic E-state index is -4.62. The summed E-state index contributed by atoms with van der Waals surface area (Å²) in [5.74, 6) is 0. The van der Waals surface area contributed by atoms with Crippen LogP contribution in [0.4, 0.5) is 0 Å². The average Bonchev–Trinajstić information content (AvgIpc) is 1.86. The molecule has 0 aliphatic rings. The van der Waals surface area contributed by atoms with Crippen molar-refractivity contribution in [2.24, 2.45) is 0 Å². The Balaban J connectivity index is 3.09. The van der Waals surface area contributed by atoms with Gasteiger partial charge >= 0.3 is 66.9 Å². The predicted molar refractivity (Wildman–Crippen MR) is 43.1 cm³/mol. The molecule has 0 saturated carbocycles. The van der Waals surface area contributed by atoms with Crippen molar-refractivity contribution < 1.29 is 12.2 Å². The molecule has 0 fully saturated rings. The Kier molecular flexibility index (Phi) is 2.20. The Morgan fingerprint density at radius 3 is 2.00 bits per heavy atom. The first-order valence-electron chi connectivity index (χ1n) is 3.13. The molecular weight excluding hydrogens is 211 g/mol. The standard InChI is InChI=1S/C7H10O3Se/c1-6-2-4-7(5-3-6)11(8,9)10/h2-5,11H,1H3,(H2,8,9,10). The van der Waals surface area contributed by atoms with Gasteiger partial charge in [0.2, 0.25) is 0 Å². The van der Waals surface area contributed by atoms with Crippen LogP contribution < -0.4 is 4.46 Å². The summed E-state index contributed by atoms with van der Waals surface area (Å²) in [4.78, 5) is 0. The van der Waals surface area contributed by atoms with Crippen LogP contribution in [0.5, 0.6) is 0 Å². The van der Waals surface area contributed by atoms with Crippen molar-refractivity contribution in [3.63, 3.8) is 0 Å². The monoisotopic (exact) mass is 222 g/mol. The van der Waals surface area contributed by atoms with Crippen molar-refractivity contribution in [2.45, 2.75) is 6.92 Å². The molecule has 1 aromatic rings. The molecule has 4 heteroatoms. The van der Waals surface area contributed by atoms with Crippen molar-refractivity contribution in [2.75, 3.05) is 0 Å². The number of benzene rings is 1. The molecule has 0 aliphatic carbocycles. The van der Waals surface area contributed by atoms with Crippen LogP contribution in [0.25, 0.3) is 0 Å². The van der Waals surface area contributed by atoms with Crippen LogP contribution in [0.3, 0.4) is 0 Å². The van der Waals surface area contributed by atoms with Gasteiger partial charge in [0, 0.05) is 0 Å². The van der Waals surface area contributed by atoms with Gasteiger partial charge in [-0.15, -0.1) is 0 Å². The average molecular weight is 221 g/mol. The maximum absolute atomic E-state index is 10.7. The third-order valence-corrected chi connectivity index (χ3v) is 3.41. The van der Waals surface area contributed by atoms with Crippen molar-refractivity contribution in [1.82, 2.24) is 0 Å². The number of aryl methyl sites for hydroxylation is 1. The van der Waals surface area contributed by atoms with E-state index in [0.29, 0.717) is 0 Å². The van der Waals surface area contributed by atoms with E-state index in [9.17, 15) is 3.83 Å². The summed E-state index contributed by atoms with van der Waals surface area (Å²) in [6.45, 7) is 1.87. The zero-order valence-electron chi connectivity index (χ0n) is 6.06. The van der Waals surface area contributed by atoms with E-state index in [-0.39, 0.29) is 4.46 Å². The molecule has 0 amide bonds. The molecule has 1 aromatic carbocycles. The zero-order valence-corrected chi connectivity index (χ0v) is 7.94. The van der Waals surface area contributed by atoms with Gasteiger partial charge in [-0.3, -0.25) is 0 Å². The third kappa shape index (κ3) is 2.20. The van der Waals surface area contributed by atoms with E-state index in [1.807, 2.05) is 6.92 Å². The van der Waals surface area contributed by atoms with Crippen molar-refractivity contribution in [3.05, 3.63) is 29.8 Å². The van der Waals surface area contributed by atoms with E-state index in [2.05, 4.69) is 0 Å². The molecule has 11 heavy (non-hydrogen) atoms. The molecule has 0 spiro atoms. The van der Waals surface area contributed by atoms with E-state index in [1.165, 1.54) is 12.1 Å². The molecule has 0 aromatic heterocycles. The van der Waals surface area contributed by atoms with E-state index in [0.717, 1.165) is 5.56 Å². The molecule has 0 bridgehead atoms. The first-order valence-corrected chi connectivity index (χ1v) is 6.51. The van der Waals surface area contributed by atoms with E-state index in [4.69, 9.17) is 8.38 Å². The molecule has 0 atom stereocenters. The summed E-state index contributed by atoms with van der Waals surface area (Å²) in [5.41, 5.74) is 0.998. The Hall–Kier alpha value is -0.541. The van der Waals surface area contributed by atoms with Crippen LogP contribution in [0.1, 0.15) is 5.56 Å². The van der Waals surface area contributed by atoms with E-state index < -0.39 is 13.4 Å². The summed E-state index contributed by atoms with van der Waals surface area (Å²) < 4.78 is 28.3. The normalized spacial score (nSPS) is 13.0. The third-order valence-electron chi connectivity index (χ3n) is 1.37. The SMILES string of the molecule is Cc1ccc([SeH](=O)(O)O)cc1. The Morgan fingerprint density at radius 2 is 1.64 bits per heavy atom. The second-order valence-electron chi connectivity index (χ2n) is 2.38. The van der Waals surface area contributed by atoms with E-state index in [1.54, 1.807) is 12.1 Å². The maximum atomic E-state index is 10.7. The van der Waals surface area contributed by atoms with Gasteiger partial charge in [-0.2, -0.15) is 0 Å². The van der Waals surface area contributed by atoms with E-state index >= 15 is 0 Å². The van der Waals surface area contributed by atoms with Gasteiger partial charge in [0.25, 0.3) is 0 Å². The molecule has 62 valence electrons. The van der Waals surface area contributed by atoms with Gasteiger partial charge < -0.3 is 0 Å². The molecule has 0 unspecified atom stereocenters. The summed E-state index contributed by atoms with van der Waals surface area (Å²) in [6, 6.07) is 6.32. The first-order chi connectivity index (χ1) is 5.00. The molecule has 0 radical (unpaired) electrons. The molecule has 0 aliphatic heterocycles. The minimum absolute atomic E-state index is 0.133. The fraction of sp³-hybridized carbons (Fsp3) is 0.143. The number of rotatable bonds is 1. The van der Waals surface area contributed by atoms with Crippen LogP contribution in [-0.2, 0) is 3.83 Å². The Morgan fingerprint density at radius 1 is 1.18 bits per heavy atom. The molecule has 0 heterocycles. The molecule has 2 N–H and O–H groups in total. The summed E-state index contributed by atoms with van der Waals surface area (Å²) in [6.07, 6.45) is 0. The quantitative estimate of drug-likeness (QED) is 0.616. The van der Waals surface area contributed by atoms with Crippen LogP contribution in [0, 0.1) is 6.92 Å². The van der Waals surface area contributed by atoms with Gasteiger partial charge in [-0.05, 0) is 0 Å². The molecule has 0 saturated heterocycles. The number of hydrogen-bond acceptors (Lipinski definition) is 1. The van der Waals surface area contributed by atoms with Crippen molar-refractivity contribution in [3.8, 4) is 0 Å². The Labute approximate surface area is 67.4 Å². The molecule has 1 rings (SSSR count). The molecule has 3 nitrogen and oxygen atoms in total. The topological polar surface area (TPSA) is 57.5 Å². The van der Waals surface area contributed by atoms with Crippen LogP contribution in [-0.4, -0.2) is 21.8 Å². The van der Waals surface area contributed by atoms with Crippen LogP contribution >= 0.6 is 0 Å². The first kappa shape index (κ1) is 8.56. The molecular formula is C7H10O3Se. The van der Waals surface area contributed by atoms with Crippen molar-refractivity contribution in [1.29, 1.82) is 0 Å². The second kappa shape index (κ2) is 2.83. The van der Waals surface area contributed by atoms with Crippen LogP contribution in [0.15, 0.2) is 24.3 Å². The second-order valence-corrected chi connectivity index (χ2v) is 5.75. The zero-order chi connectivity index (χ0) is 8.48. The fourth-order valence-electron chi connectivity index (χ4n) is 0.739. The van der Waals surface area contributed by atoms with Gasteiger partial charge in [0.1, 0.15) is 0 Å². The Bertz CT molecular complexity index is 285. The van der Waals surface area contributed by atoms with Gasteiger partial charge in [0.15, 0.2) is 0 Å². The predicted octanol–water partition coefficient (Wildman–Crippen LogP) is -0.712. The van der Waals surface area contributed by atoms with Gasteiger partial charge in [0.05, 0.1) is 0 Å². The number of hydrogen-bond donors (Lipinski definition) is 2. The fourth-order valence-corrected chi connectivity index (χ4v) is 1.87.